The predicted octanol–water partition coefficient (Wildman–Crippen LogP) is 3.08. The molecule has 2 aliphatic rings. The van der Waals surface area contributed by atoms with E-state index in [2.05, 4.69) is 20.5 Å². The van der Waals surface area contributed by atoms with E-state index >= 15 is 0 Å². The maximum Gasteiger partial charge on any atom is 0.323 e. The summed E-state index contributed by atoms with van der Waals surface area (Å²) >= 11 is 0. The number of nitrogens with zero attached hydrogens (tertiary/aromatic N) is 4. The zero-order chi connectivity index (χ0) is 19.3. The number of nitrogens with one attached hydrogen (secondary N) is 1. The number of piperidine rings is 1. The molecule has 0 spiro atoms. The number of anilines is 1. The fraction of sp³-hybridized carbons (Fsp3) is 0.400. The summed E-state index contributed by atoms with van der Waals surface area (Å²) in [5, 5.41) is 12.2. The normalized spacial score (nSPS) is 23.9. The number of hydrogen-bond donors (Lipinski definition) is 2. The second-order valence-corrected chi connectivity index (χ2v) is 7.70. The number of oxazole rings is 1. The highest BCUT2D eigenvalue weighted by Crippen LogP contribution is 2.35. The number of hydrogen-bond acceptors (Lipinski definition) is 6. The van der Waals surface area contributed by atoms with Gasteiger partial charge in [-0.15, -0.1) is 10.2 Å². The molecule has 3 N–H and O–H groups in total. The molecule has 3 atom stereocenters. The molecule has 8 nitrogen and oxygen atoms in total. The van der Waals surface area contributed by atoms with Crippen LogP contribution in [-0.2, 0) is 0 Å². The number of benzene rings is 1. The van der Waals surface area contributed by atoms with E-state index in [1.807, 2.05) is 36.1 Å². The quantitative estimate of drug-likeness (QED) is 0.709. The Balaban J connectivity index is 1.39. The summed E-state index contributed by atoms with van der Waals surface area (Å²) in [6.45, 7) is 1.81. The summed E-state index contributed by atoms with van der Waals surface area (Å²) < 4.78 is 5.60. The topological polar surface area (TPSA) is 110 Å². The van der Waals surface area contributed by atoms with E-state index in [1.165, 1.54) is 0 Å². The van der Waals surface area contributed by atoms with Gasteiger partial charge in [-0.3, -0.25) is 5.32 Å². The number of fused-ring (bicyclic) bond motifs is 3. The number of carbonyl (C=O) groups excluding carboxylic acids is 1. The third kappa shape index (κ3) is 2.99. The van der Waals surface area contributed by atoms with Crippen LogP contribution in [0.3, 0.4) is 0 Å². The summed E-state index contributed by atoms with van der Waals surface area (Å²) in [6.07, 6.45) is 5.48. The minimum absolute atomic E-state index is 0.116. The summed E-state index contributed by atoms with van der Waals surface area (Å²) in [5.41, 5.74) is 7.76. The van der Waals surface area contributed by atoms with E-state index in [9.17, 15) is 4.79 Å². The van der Waals surface area contributed by atoms with Crippen molar-refractivity contribution in [1.82, 2.24) is 20.1 Å². The molecule has 3 aromatic rings. The van der Waals surface area contributed by atoms with E-state index in [-0.39, 0.29) is 24.2 Å². The van der Waals surface area contributed by atoms with Gasteiger partial charge in [0.2, 0.25) is 0 Å². The van der Waals surface area contributed by atoms with Gasteiger partial charge in [-0.1, -0.05) is 0 Å². The van der Waals surface area contributed by atoms with Gasteiger partial charge in [0.1, 0.15) is 0 Å². The van der Waals surface area contributed by atoms with Gasteiger partial charge >= 0.3 is 6.03 Å². The first-order chi connectivity index (χ1) is 13.6. The minimum Gasteiger partial charge on any atom is -0.441 e. The van der Waals surface area contributed by atoms with E-state index in [4.69, 9.17) is 10.2 Å². The van der Waals surface area contributed by atoms with Crippen molar-refractivity contribution in [3.8, 4) is 11.3 Å². The second kappa shape index (κ2) is 6.56. The van der Waals surface area contributed by atoms with Gasteiger partial charge in [0.15, 0.2) is 17.5 Å². The van der Waals surface area contributed by atoms with Crippen molar-refractivity contribution in [3.05, 3.63) is 36.4 Å². The van der Waals surface area contributed by atoms with Crippen molar-refractivity contribution < 1.29 is 9.21 Å². The first-order valence-electron chi connectivity index (χ1n) is 9.62. The molecule has 4 heterocycles. The Bertz CT molecular complexity index is 1030. The fourth-order valence-electron chi connectivity index (χ4n) is 4.48. The Morgan fingerprint density at radius 3 is 2.71 bits per heavy atom. The van der Waals surface area contributed by atoms with E-state index < -0.39 is 0 Å². The molecule has 2 amide bonds. The molecule has 0 aliphatic carbocycles. The second-order valence-electron chi connectivity index (χ2n) is 7.70. The average molecular weight is 378 g/mol. The van der Waals surface area contributed by atoms with Crippen LogP contribution in [0, 0.1) is 6.92 Å². The Kier molecular flexibility index (Phi) is 4.01. The molecule has 2 fully saturated rings. The lowest BCUT2D eigenvalue weighted by Crippen LogP contribution is -2.51. The van der Waals surface area contributed by atoms with E-state index in [0.29, 0.717) is 17.5 Å². The molecule has 2 unspecified atom stereocenters. The lowest BCUT2D eigenvalue weighted by molar-refractivity contribution is 0.150. The van der Waals surface area contributed by atoms with Crippen molar-refractivity contribution in [2.75, 3.05) is 5.32 Å². The highest BCUT2D eigenvalue weighted by Gasteiger charge is 2.42. The van der Waals surface area contributed by atoms with Crippen LogP contribution < -0.4 is 11.1 Å². The minimum atomic E-state index is -0.116. The van der Waals surface area contributed by atoms with Crippen LogP contribution in [0.15, 0.2) is 34.9 Å². The van der Waals surface area contributed by atoms with Gasteiger partial charge < -0.3 is 15.1 Å². The molecule has 5 rings (SSSR count). The van der Waals surface area contributed by atoms with Gasteiger partial charge in [-0.05, 0) is 49.9 Å². The highest BCUT2D eigenvalue weighted by atomic mass is 16.4. The Morgan fingerprint density at radius 1 is 1.21 bits per heavy atom. The zero-order valence-electron chi connectivity index (χ0n) is 15.6. The van der Waals surface area contributed by atoms with Crippen LogP contribution in [0.2, 0.25) is 0 Å². The van der Waals surface area contributed by atoms with Gasteiger partial charge in [0.05, 0.1) is 11.7 Å². The molecule has 0 radical (unpaired) electrons. The van der Waals surface area contributed by atoms with Gasteiger partial charge in [0, 0.05) is 36.0 Å². The van der Waals surface area contributed by atoms with Crippen LogP contribution in [-0.4, -0.2) is 44.2 Å². The van der Waals surface area contributed by atoms with Crippen LogP contribution in [0.25, 0.3) is 22.2 Å². The number of carbonyl (C=O) groups is 1. The molecular weight excluding hydrogens is 356 g/mol. The number of amides is 2. The standard InChI is InChI=1S/C20H22N6O2/c1-11-22-10-18(28-11)12-2-5-17-13(6-12)7-19(25-24-17)23-20(27)26-15-3-4-16(26)9-14(21)8-15/h2,5-7,10,14-16H,3-4,8-9,21H2,1H3,(H,23,25,27)/t14?,15-,16?/m0/s1. The van der Waals surface area contributed by atoms with Crippen LogP contribution in [0.4, 0.5) is 10.6 Å². The Morgan fingerprint density at radius 2 is 2.00 bits per heavy atom. The molecule has 28 heavy (non-hydrogen) atoms. The smallest absolute Gasteiger partial charge is 0.323 e. The van der Waals surface area contributed by atoms with Crippen LogP contribution in [0.1, 0.15) is 31.6 Å². The van der Waals surface area contributed by atoms with Gasteiger partial charge in [-0.25, -0.2) is 9.78 Å². The largest absolute Gasteiger partial charge is 0.441 e. The highest BCUT2D eigenvalue weighted by molar-refractivity contribution is 5.92. The molecule has 2 bridgehead atoms. The number of urea groups is 1. The van der Waals surface area contributed by atoms with Crippen LogP contribution in [0.5, 0.6) is 0 Å². The summed E-state index contributed by atoms with van der Waals surface area (Å²) in [7, 11) is 0. The van der Waals surface area contributed by atoms with E-state index in [0.717, 1.165) is 42.1 Å². The number of aromatic nitrogens is 3. The fourth-order valence-corrected chi connectivity index (χ4v) is 4.48. The summed E-state index contributed by atoms with van der Waals surface area (Å²) in [6, 6.07) is 8.13. The third-order valence-corrected chi connectivity index (χ3v) is 5.73. The number of nitrogens with two attached hydrogens (primary N) is 1. The Hall–Kier alpha value is -3.00. The third-order valence-electron chi connectivity index (χ3n) is 5.73. The Labute approximate surface area is 162 Å². The molecular formula is C20H22N6O2. The van der Waals surface area contributed by atoms with Crippen molar-refractivity contribution >= 4 is 22.8 Å². The molecule has 2 aromatic heterocycles. The molecule has 2 saturated heterocycles. The lowest BCUT2D eigenvalue weighted by Gasteiger charge is -2.37. The molecule has 8 heteroatoms. The first kappa shape index (κ1) is 17.1. The summed E-state index contributed by atoms with van der Waals surface area (Å²) in [4.78, 5) is 18.9. The molecule has 0 saturated carbocycles. The number of aryl methyl sites for hydroxylation is 1. The van der Waals surface area contributed by atoms with Crippen molar-refractivity contribution in [2.24, 2.45) is 5.73 Å². The van der Waals surface area contributed by atoms with Crippen molar-refractivity contribution in [3.63, 3.8) is 0 Å². The predicted molar refractivity (Wildman–Crippen MR) is 105 cm³/mol. The SMILES string of the molecule is Cc1ncc(-c2ccc3nnc(NC(=O)N4C5CC[C@H]4CC(N)C5)cc3c2)o1. The molecule has 2 aliphatic heterocycles. The van der Waals surface area contributed by atoms with Crippen molar-refractivity contribution in [1.29, 1.82) is 0 Å². The van der Waals surface area contributed by atoms with Crippen molar-refractivity contribution in [2.45, 2.75) is 50.7 Å². The molecule has 144 valence electrons. The molecule has 1 aromatic carbocycles. The zero-order valence-corrected chi connectivity index (χ0v) is 15.6. The van der Waals surface area contributed by atoms with E-state index in [1.54, 1.807) is 6.20 Å². The lowest BCUT2D eigenvalue weighted by atomic mass is 9.99. The monoisotopic (exact) mass is 378 g/mol. The van der Waals surface area contributed by atoms with Gasteiger partial charge in [-0.2, -0.15) is 0 Å². The van der Waals surface area contributed by atoms with Gasteiger partial charge in [0.25, 0.3) is 0 Å². The maximum absolute atomic E-state index is 12.8. The maximum atomic E-state index is 12.8. The van der Waals surface area contributed by atoms with Crippen LogP contribution >= 0.6 is 0 Å². The number of rotatable bonds is 2. The average Bonchev–Trinajstić information content (AvgIpc) is 3.22. The first-order valence-corrected chi connectivity index (χ1v) is 9.62. The summed E-state index contributed by atoms with van der Waals surface area (Å²) in [5.74, 6) is 1.76.